The molecular weight excluding hydrogens is 640 g/mol. The number of hydrogen-bond acceptors (Lipinski definition) is 8. The van der Waals surface area contributed by atoms with E-state index < -0.39 is 15.1 Å². The number of nitrogens with two attached hydrogens (primary N) is 1. The van der Waals surface area contributed by atoms with Gasteiger partial charge in [0.05, 0.1) is 43.9 Å². The molecule has 0 saturated heterocycles. The standard InChI is InChI=1S/C31H27Cl2FN4O4S.CH5N/c1-2-14-35-31(39)23-17-36-27-13-12-26(38-29(27)28(23)37-21-6-4-3-5-7-21)20-15-24(32)30(25(33)16-20)42-18-19-8-10-22(11-9-19)43(34,40)41;1-2/h1,8-13,15-17,21H,3-7,14,18H2,(H,35,39)(H,36,37);2H2,1H3. The number of aromatic nitrogens is 2. The van der Waals surface area contributed by atoms with Gasteiger partial charge in [0, 0.05) is 17.8 Å². The van der Waals surface area contributed by atoms with Crippen LogP contribution >= 0.6 is 23.2 Å². The molecule has 2 aromatic carbocycles. The van der Waals surface area contributed by atoms with E-state index in [1.54, 1.807) is 18.2 Å². The van der Waals surface area contributed by atoms with Crippen LogP contribution in [-0.2, 0) is 16.8 Å². The zero-order valence-electron chi connectivity index (χ0n) is 24.4. The number of fused-ring (bicyclic) bond motifs is 1. The Hall–Kier alpha value is -3.95. The molecule has 1 aliphatic carbocycles. The van der Waals surface area contributed by atoms with E-state index in [1.165, 1.54) is 31.8 Å². The van der Waals surface area contributed by atoms with Crippen LogP contribution in [0.15, 0.2) is 59.6 Å². The van der Waals surface area contributed by atoms with Crippen LogP contribution in [-0.4, -0.2) is 43.9 Å². The van der Waals surface area contributed by atoms with Crippen LogP contribution in [0.5, 0.6) is 5.75 Å². The minimum absolute atomic E-state index is 0.0198. The quantitative estimate of drug-likeness (QED) is 0.135. The van der Waals surface area contributed by atoms with E-state index >= 15 is 0 Å². The summed E-state index contributed by atoms with van der Waals surface area (Å²) < 4.78 is 41.1. The van der Waals surface area contributed by atoms with Crippen molar-refractivity contribution in [2.75, 3.05) is 18.9 Å². The van der Waals surface area contributed by atoms with Crippen molar-refractivity contribution in [3.8, 4) is 29.4 Å². The summed E-state index contributed by atoms with van der Waals surface area (Å²) >= 11 is 13.1. The fraction of sp³-hybridized carbons (Fsp3) is 0.281. The third-order valence-corrected chi connectivity index (χ3v) is 8.54. The van der Waals surface area contributed by atoms with Gasteiger partial charge in [0.25, 0.3) is 5.91 Å². The highest BCUT2D eigenvalue weighted by molar-refractivity contribution is 7.86. The number of ether oxygens (including phenoxy) is 1. The summed E-state index contributed by atoms with van der Waals surface area (Å²) in [7, 11) is -3.29. The Balaban J connectivity index is 0.00000226. The first-order chi connectivity index (χ1) is 21.6. The molecule has 1 amide bonds. The summed E-state index contributed by atoms with van der Waals surface area (Å²) in [4.78, 5) is 21.9. The van der Waals surface area contributed by atoms with Crippen LogP contribution < -0.4 is 21.1 Å². The Bertz CT molecular complexity index is 1800. The van der Waals surface area contributed by atoms with E-state index in [0.29, 0.717) is 39.1 Å². The molecule has 2 heterocycles. The molecule has 0 spiro atoms. The fourth-order valence-corrected chi connectivity index (χ4v) is 6.03. The summed E-state index contributed by atoms with van der Waals surface area (Å²) in [5.41, 5.74) is 8.36. The van der Waals surface area contributed by atoms with Gasteiger partial charge in [-0.25, -0.2) is 4.98 Å². The molecule has 13 heteroatoms. The highest BCUT2D eigenvalue weighted by Crippen LogP contribution is 2.38. The first kappa shape index (κ1) is 33.9. The van der Waals surface area contributed by atoms with Crippen LogP contribution in [0.3, 0.4) is 0 Å². The van der Waals surface area contributed by atoms with Gasteiger partial charge in [-0.2, -0.15) is 8.42 Å². The van der Waals surface area contributed by atoms with Crippen molar-refractivity contribution in [1.29, 1.82) is 0 Å². The van der Waals surface area contributed by atoms with Crippen molar-refractivity contribution in [3.63, 3.8) is 0 Å². The molecule has 4 N–H and O–H groups in total. The van der Waals surface area contributed by atoms with Gasteiger partial charge in [0.1, 0.15) is 12.1 Å². The van der Waals surface area contributed by atoms with Crippen molar-refractivity contribution in [2.24, 2.45) is 5.73 Å². The second kappa shape index (κ2) is 15.4. The van der Waals surface area contributed by atoms with E-state index in [9.17, 15) is 17.1 Å². The lowest BCUT2D eigenvalue weighted by Crippen LogP contribution is -2.28. The third kappa shape index (κ3) is 8.41. The molecule has 0 aliphatic heterocycles. The Kier molecular flexibility index (Phi) is 11.6. The van der Waals surface area contributed by atoms with Gasteiger partial charge in [-0.1, -0.05) is 60.5 Å². The maximum atomic E-state index is 13.2. The summed E-state index contributed by atoms with van der Waals surface area (Å²) in [5, 5.41) is 6.74. The SMILES string of the molecule is C#CCNC(=O)c1cnc2ccc(-c3cc(Cl)c(OCc4ccc(S(=O)(=O)F)cc4)c(Cl)c3)nc2c1NC1CCCCC1.CN. The van der Waals surface area contributed by atoms with E-state index in [1.807, 2.05) is 6.07 Å². The largest absolute Gasteiger partial charge is 0.486 e. The van der Waals surface area contributed by atoms with Crippen molar-refractivity contribution in [2.45, 2.75) is 49.6 Å². The average Bonchev–Trinajstić information content (AvgIpc) is 3.04. The molecule has 0 bridgehead atoms. The molecule has 1 aliphatic rings. The van der Waals surface area contributed by atoms with Gasteiger partial charge >= 0.3 is 10.2 Å². The predicted octanol–water partition coefficient (Wildman–Crippen LogP) is 6.52. The number of halogens is 3. The first-order valence-corrected chi connectivity index (χ1v) is 16.3. The number of hydrogen-bond donors (Lipinski definition) is 3. The second-order valence-corrected chi connectivity index (χ2v) is 12.3. The number of nitrogens with one attached hydrogen (secondary N) is 2. The van der Waals surface area contributed by atoms with Gasteiger partial charge < -0.3 is 21.1 Å². The smallest absolute Gasteiger partial charge is 0.332 e. The summed E-state index contributed by atoms with van der Waals surface area (Å²) in [5.74, 6) is 2.30. The molecule has 9 nitrogen and oxygen atoms in total. The molecule has 4 aromatic rings. The summed E-state index contributed by atoms with van der Waals surface area (Å²) in [6.45, 7) is 0.107. The molecule has 0 atom stereocenters. The molecule has 5 rings (SSSR count). The van der Waals surface area contributed by atoms with Gasteiger partial charge in [-0.15, -0.1) is 10.3 Å². The Labute approximate surface area is 271 Å². The zero-order valence-corrected chi connectivity index (χ0v) is 26.8. The van der Waals surface area contributed by atoms with Crippen LogP contribution in [0.25, 0.3) is 22.3 Å². The molecule has 45 heavy (non-hydrogen) atoms. The Morgan fingerprint density at radius 1 is 1.09 bits per heavy atom. The molecule has 1 saturated carbocycles. The number of carbonyl (C=O) groups is 1. The maximum absolute atomic E-state index is 13.2. The molecule has 0 unspecified atom stereocenters. The number of rotatable bonds is 9. The lowest BCUT2D eigenvalue weighted by molar-refractivity contribution is 0.0959. The van der Waals surface area contributed by atoms with Crippen LogP contribution in [0.4, 0.5) is 9.57 Å². The van der Waals surface area contributed by atoms with Crippen molar-refractivity contribution in [3.05, 3.63) is 75.9 Å². The molecule has 0 radical (unpaired) electrons. The normalized spacial score (nSPS) is 13.3. The Morgan fingerprint density at radius 3 is 2.38 bits per heavy atom. The summed E-state index contributed by atoms with van der Waals surface area (Å²) in [6, 6.07) is 12.3. The van der Waals surface area contributed by atoms with Gasteiger partial charge in [0.15, 0.2) is 5.75 Å². The van der Waals surface area contributed by atoms with Crippen molar-refractivity contribution < 1.29 is 21.8 Å². The third-order valence-electron chi connectivity index (χ3n) is 7.14. The van der Waals surface area contributed by atoms with Crippen LogP contribution in [0, 0.1) is 12.3 Å². The van der Waals surface area contributed by atoms with Crippen LogP contribution in [0.1, 0.15) is 48.0 Å². The molecular formula is C32H32Cl2FN5O4S. The minimum Gasteiger partial charge on any atom is -0.486 e. The lowest BCUT2D eigenvalue weighted by atomic mass is 9.95. The number of benzene rings is 2. The van der Waals surface area contributed by atoms with E-state index in [0.717, 1.165) is 37.8 Å². The predicted molar refractivity (Wildman–Crippen MR) is 176 cm³/mol. The monoisotopic (exact) mass is 671 g/mol. The number of nitrogens with zero attached hydrogens (tertiary/aromatic N) is 2. The first-order valence-electron chi connectivity index (χ1n) is 14.2. The maximum Gasteiger partial charge on any atom is 0.332 e. The molecule has 2 aromatic heterocycles. The zero-order chi connectivity index (χ0) is 32.6. The number of terminal acetylenes is 1. The Morgan fingerprint density at radius 2 is 1.76 bits per heavy atom. The minimum atomic E-state index is -4.79. The molecule has 1 fully saturated rings. The second-order valence-electron chi connectivity index (χ2n) is 10.1. The van der Waals surface area contributed by atoms with Crippen LogP contribution in [0.2, 0.25) is 10.0 Å². The van der Waals surface area contributed by atoms with Gasteiger partial charge in [0.2, 0.25) is 0 Å². The number of amides is 1. The van der Waals surface area contributed by atoms with Gasteiger partial charge in [-0.05, 0) is 61.9 Å². The van der Waals surface area contributed by atoms with Crippen molar-refractivity contribution >= 4 is 56.1 Å². The topological polar surface area (TPSA) is 136 Å². The highest BCUT2D eigenvalue weighted by atomic mass is 35.5. The fourth-order valence-electron chi connectivity index (χ4n) is 4.97. The van der Waals surface area contributed by atoms with E-state index in [2.05, 4.69) is 27.3 Å². The number of pyridine rings is 2. The van der Waals surface area contributed by atoms with E-state index in [4.69, 9.17) is 39.3 Å². The average molecular weight is 673 g/mol. The lowest BCUT2D eigenvalue weighted by Gasteiger charge is -2.25. The number of carbonyl (C=O) groups excluding carboxylic acids is 1. The number of anilines is 1. The van der Waals surface area contributed by atoms with Crippen molar-refractivity contribution in [1.82, 2.24) is 15.3 Å². The molecule has 236 valence electrons. The summed E-state index contributed by atoms with van der Waals surface area (Å²) in [6.07, 6.45) is 12.3. The van der Waals surface area contributed by atoms with E-state index in [-0.39, 0.29) is 40.9 Å². The van der Waals surface area contributed by atoms with Gasteiger partial charge in [-0.3, -0.25) is 9.78 Å². The highest BCUT2D eigenvalue weighted by Gasteiger charge is 2.22.